The maximum Gasteiger partial charge on any atom is 0.0542 e. The minimum absolute atomic E-state index is 1.10. The van der Waals surface area contributed by atoms with Crippen molar-refractivity contribution in [1.29, 1.82) is 0 Å². The molecule has 2 nitrogen and oxygen atoms in total. The molecule has 0 fully saturated rings. The van der Waals surface area contributed by atoms with Crippen LogP contribution in [-0.2, 0) is 0 Å². The predicted octanol–water partition coefficient (Wildman–Crippen LogP) is 16.2. The molecule has 0 saturated heterocycles. The fraction of sp³-hybridized carbons (Fsp3) is 0.0690. The lowest BCUT2D eigenvalue weighted by atomic mass is 9.90. The number of rotatable bonds is 8. The molecule has 0 atom stereocenters. The lowest BCUT2D eigenvalue weighted by Gasteiger charge is -2.27. The molecule has 1 heterocycles. The van der Waals surface area contributed by atoms with Gasteiger partial charge in [-0.05, 0) is 161 Å². The molecule has 0 unspecified atom stereocenters. The molecule has 0 aliphatic heterocycles. The number of benzene rings is 9. The molecule has 0 saturated carbocycles. The standard InChI is InChI=1S/C58H46N2/c1-39-17-11-13-23-51(39)53-30-27-43(33-41(53)3)45-35-46(44-28-31-54(42(4)34-44)52-24-14-12-18-40(52)2)37-50(36-45)59(47-19-7-5-8-20-47)49-29-32-58-56(38-49)55-25-15-16-26-57(55)60(58)48-21-9-6-10-22-48/h5-38H,1-4H3. The van der Waals surface area contributed by atoms with Crippen LogP contribution < -0.4 is 4.90 Å². The van der Waals surface area contributed by atoms with Gasteiger partial charge in [-0.15, -0.1) is 0 Å². The van der Waals surface area contributed by atoms with E-state index >= 15 is 0 Å². The quantitative estimate of drug-likeness (QED) is 0.149. The Kier molecular flexibility index (Phi) is 9.47. The van der Waals surface area contributed by atoms with E-state index in [2.05, 4.69) is 243 Å². The third-order valence-electron chi connectivity index (χ3n) is 12.1. The summed E-state index contributed by atoms with van der Waals surface area (Å²) in [5.41, 5.74) is 21.7. The minimum atomic E-state index is 1.10. The molecule has 288 valence electrons. The second-order valence-corrected chi connectivity index (χ2v) is 16.0. The van der Waals surface area contributed by atoms with E-state index in [9.17, 15) is 0 Å². The number of anilines is 3. The summed E-state index contributed by atoms with van der Waals surface area (Å²) in [4.78, 5) is 2.42. The van der Waals surface area contributed by atoms with Crippen molar-refractivity contribution in [2.24, 2.45) is 0 Å². The number of aryl methyl sites for hydroxylation is 4. The smallest absolute Gasteiger partial charge is 0.0542 e. The Morgan fingerprint density at radius 2 is 0.800 bits per heavy atom. The van der Waals surface area contributed by atoms with E-state index in [-0.39, 0.29) is 0 Å². The van der Waals surface area contributed by atoms with Crippen LogP contribution >= 0.6 is 0 Å². The van der Waals surface area contributed by atoms with E-state index < -0.39 is 0 Å². The molecule has 0 amide bonds. The summed E-state index contributed by atoms with van der Waals surface area (Å²) in [6.45, 7) is 8.86. The molecule has 0 aliphatic carbocycles. The second kappa shape index (κ2) is 15.4. The topological polar surface area (TPSA) is 8.17 Å². The Hall–Kier alpha value is -7.42. The molecule has 10 rings (SSSR count). The molecule has 0 bridgehead atoms. The van der Waals surface area contributed by atoms with E-state index in [1.807, 2.05) is 0 Å². The van der Waals surface area contributed by atoms with Crippen LogP contribution in [0.4, 0.5) is 17.1 Å². The van der Waals surface area contributed by atoms with Gasteiger partial charge in [-0.2, -0.15) is 0 Å². The van der Waals surface area contributed by atoms with E-state index in [4.69, 9.17) is 0 Å². The van der Waals surface area contributed by atoms with Crippen molar-refractivity contribution in [3.8, 4) is 50.2 Å². The van der Waals surface area contributed by atoms with Crippen molar-refractivity contribution in [1.82, 2.24) is 4.57 Å². The van der Waals surface area contributed by atoms with Crippen molar-refractivity contribution in [2.45, 2.75) is 27.7 Å². The normalized spacial score (nSPS) is 11.3. The monoisotopic (exact) mass is 770 g/mol. The number of aromatic nitrogens is 1. The summed E-state index contributed by atoms with van der Waals surface area (Å²) < 4.78 is 2.38. The number of hydrogen-bond acceptors (Lipinski definition) is 1. The first-order valence-corrected chi connectivity index (χ1v) is 20.8. The highest BCUT2D eigenvalue weighted by Crippen LogP contribution is 2.43. The Balaban J connectivity index is 1.18. The van der Waals surface area contributed by atoms with Crippen molar-refractivity contribution in [2.75, 3.05) is 4.90 Å². The highest BCUT2D eigenvalue weighted by molar-refractivity contribution is 6.10. The summed E-state index contributed by atoms with van der Waals surface area (Å²) in [5.74, 6) is 0. The number of hydrogen-bond donors (Lipinski definition) is 0. The minimum Gasteiger partial charge on any atom is -0.310 e. The summed E-state index contributed by atoms with van der Waals surface area (Å²) in [5, 5.41) is 2.45. The Labute approximate surface area is 353 Å². The van der Waals surface area contributed by atoms with E-state index in [1.54, 1.807) is 0 Å². The average molecular weight is 771 g/mol. The molecule has 0 aliphatic rings. The fourth-order valence-electron chi connectivity index (χ4n) is 9.09. The van der Waals surface area contributed by atoms with Gasteiger partial charge < -0.3 is 9.47 Å². The lowest BCUT2D eigenvalue weighted by Crippen LogP contribution is -2.10. The van der Waals surface area contributed by atoms with Gasteiger partial charge >= 0.3 is 0 Å². The van der Waals surface area contributed by atoms with Crippen LogP contribution in [0, 0.1) is 27.7 Å². The van der Waals surface area contributed by atoms with Gasteiger partial charge in [0.2, 0.25) is 0 Å². The molecule has 0 N–H and O–H groups in total. The Morgan fingerprint density at radius 1 is 0.300 bits per heavy atom. The van der Waals surface area contributed by atoms with Gasteiger partial charge in [-0.3, -0.25) is 0 Å². The molecule has 10 aromatic rings. The summed E-state index contributed by atoms with van der Waals surface area (Å²) in [6.07, 6.45) is 0. The third kappa shape index (κ3) is 6.67. The van der Waals surface area contributed by atoms with Gasteiger partial charge in [0.15, 0.2) is 0 Å². The second-order valence-electron chi connectivity index (χ2n) is 16.0. The SMILES string of the molecule is Cc1ccccc1-c1ccc(-c2cc(-c3ccc(-c4ccccc4C)c(C)c3)cc(N(c3ccccc3)c3ccc4c(c3)c3ccccc3n4-c3ccccc3)c2)cc1C. The molecule has 1 aromatic heterocycles. The Bertz CT molecular complexity index is 3080. The van der Waals surface area contributed by atoms with Crippen molar-refractivity contribution in [3.63, 3.8) is 0 Å². The van der Waals surface area contributed by atoms with E-state index in [0.717, 1.165) is 22.7 Å². The largest absolute Gasteiger partial charge is 0.310 e. The molecular formula is C58H46N2. The van der Waals surface area contributed by atoms with Crippen LogP contribution in [0.15, 0.2) is 206 Å². The van der Waals surface area contributed by atoms with Crippen molar-refractivity contribution in [3.05, 3.63) is 229 Å². The van der Waals surface area contributed by atoms with Crippen LogP contribution in [0.5, 0.6) is 0 Å². The third-order valence-corrected chi connectivity index (χ3v) is 12.1. The zero-order valence-corrected chi connectivity index (χ0v) is 34.5. The van der Waals surface area contributed by atoms with E-state index in [0.29, 0.717) is 0 Å². The van der Waals surface area contributed by atoms with E-state index in [1.165, 1.54) is 88.6 Å². The summed E-state index contributed by atoms with van der Waals surface area (Å²) >= 11 is 0. The van der Waals surface area contributed by atoms with Crippen molar-refractivity contribution < 1.29 is 0 Å². The van der Waals surface area contributed by atoms with Gasteiger partial charge in [0.05, 0.1) is 11.0 Å². The lowest BCUT2D eigenvalue weighted by molar-refractivity contribution is 1.18. The van der Waals surface area contributed by atoms with Crippen LogP contribution in [0.2, 0.25) is 0 Å². The average Bonchev–Trinajstić information content (AvgIpc) is 3.61. The first-order valence-electron chi connectivity index (χ1n) is 20.8. The van der Waals surface area contributed by atoms with Gasteiger partial charge in [-0.25, -0.2) is 0 Å². The van der Waals surface area contributed by atoms with Gasteiger partial charge in [0.1, 0.15) is 0 Å². The van der Waals surface area contributed by atoms with Crippen LogP contribution in [0.25, 0.3) is 72.0 Å². The van der Waals surface area contributed by atoms with Gasteiger partial charge in [-0.1, -0.05) is 140 Å². The number of fused-ring (bicyclic) bond motifs is 3. The molecule has 60 heavy (non-hydrogen) atoms. The molecule has 0 spiro atoms. The number of nitrogens with zero attached hydrogens (tertiary/aromatic N) is 2. The molecule has 2 heteroatoms. The summed E-state index contributed by atoms with van der Waals surface area (Å²) in [6, 6.07) is 75.5. The van der Waals surface area contributed by atoms with Crippen LogP contribution in [0.1, 0.15) is 22.3 Å². The summed E-state index contributed by atoms with van der Waals surface area (Å²) in [7, 11) is 0. The molecule has 0 radical (unpaired) electrons. The first-order chi connectivity index (χ1) is 29.4. The maximum absolute atomic E-state index is 2.42. The zero-order valence-electron chi connectivity index (χ0n) is 34.5. The molecular weight excluding hydrogens is 725 g/mol. The Morgan fingerprint density at radius 3 is 1.38 bits per heavy atom. The zero-order chi connectivity index (χ0) is 40.7. The van der Waals surface area contributed by atoms with Crippen molar-refractivity contribution >= 4 is 38.9 Å². The highest BCUT2D eigenvalue weighted by atomic mass is 15.1. The predicted molar refractivity (Wildman–Crippen MR) is 256 cm³/mol. The van der Waals surface area contributed by atoms with Crippen LogP contribution in [-0.4, -0.2) is 4.57 Å². The number of para-hydroxylation sites is 3. The van der Waals surface area contributed by atoms with Gasteiger partial charge in [0.25, 0.3) is 0 Å². The van der Waals surface area contributed by atoms with Crippen LogP contribution in [0.3, 0.4) is 0 Å². The highest BCUT2D eigenvalue weighted by Gasteiger charge is 2.20. The van der Waals surface area contributed by atoms with Gasteiger partial charge in [0, 0.05) is 33.5 Å². The maximum atomic E-state index is 2.42. The first kappa shape index (κ1) is 36.9. The fourth-order valence-corrected chi connectivity index (χ4v) is 9.09. The molecule has 9 aromatic carbocycles.